The normalized spacial score (nSPS) is 10.1. The van der Waals surface area contributed by atoms with Gasteiger partial charge in [-0.25, -0.2) is 14.4 Å². The third-order valence-corrected chi connectivity index (χ3v) is 4.13. The van der Waals surface area contributed by atoms with E-state index in [1.807, 2.05) is 6.07 Å². The van der Waals surface area contributed by atoms with E-state index in [-0.39, 0.29) is 36.7 Å². The molecule has 0 atom stereocenters. The second-order valence-corrected chi connectivity index (χ2v) is 6.70. The topological polar surface area (TPSA) is 121 Å². The summed E-state index contributed by atoms with van der Waals surface area (Å²) in [6, 6.07) is 12.6. The number of rotatable bonds is 11. The molecule has 2 aromatic carbocycles. The molecule has 2 aromatic rings. The van der Waals surface area contributed by atoms with Crippen molar-refractivity contribution in [1.82, 2.24) is 0 Å². The Labute approximate surface area is 196 Å². The molecule has 9 heteroatoms. The highest BCUT2D eigenvalue weighted by molar-refractivity contribution is 5.91. The fourth-order valence-electron chi connectivity index (χ4n) is 2.42. The molecule has 0 spiro atoms. The van der Waals surface area contributed by atoms with Gasteiger partial charge in [0.15, 0.2) is 0 Å². The summed E-state index contributed by atoms with van der Waals surface area (Å²) in [5.74, 6) is -0.745. The lowest BCUT2D eigenvalue weighted by Crippen LogP contribution is -2.11. The van der Waals surface area contributed by atoms with Gasteiger partial charge in [0.05, 0.1) is 25.2 Å². The average Bonchev–Trinajstić information content (AvgIpc) is 2.83. The Morgan fingerprint density at radius 3 is 2.41 bits per heavy atom. The van der Waals surface area contributed by atoms with Gasteiger partial charge in [0.1, 0.15) is 23.9 Å². The molecule has 0 bridgehead atoms. The Kier molecular flexibility index (Phi) is 9.88. The zero-order valence-corrected chi connectivity index (χ0v) is 18.7. The van der Waals surface area contributed by atoms with E-state index in [9.17, 15) is 14.4 Å². The maximum Gasteiger partial charge on any atom is 0.343 e. The highest BCUT2D eigenvalue weighted by Gasteiger charge is 2.11. The van der Waals surface area contributed by atoms with Crippen molar-refractivity contribution >= 4 is 24.0 Å². The van der Waals surface area contributed by atoms with E-state index in [4.69, 9.17) is 28.9 Å². The number of carbonyl (C=O) groups excluding carboxylic acids is 3. The van der Waals surface area contributed by atoms with Crippen molar-refractivity contribution < 1.29 is 38.1 Å². The Morgan fingerprint density at radius 1 is 1.06 bits per heavy atom. The monoisotopic (exact) mass is 465 g/mol. The highest BCUT2D eigenvalue weighted by atomic mass is 16.7. The zero-order valence-electron chi connectivity index (χ0n) is 18.7. The maximum absolute atomic E-state index is 12.4. The lowest BCUT2D eigenvalue weighted by molar-refractivity contribution is -0.145. The first-order valence-corrected chi connectivity index (χ1v) is 10.0. The predicted molar refractivity (Wildman–Crippen MR) is 121 cm³/mol. The van der Waals surface area contributed by atoms with Crippen LogP contribution in [0.4, 0.5) is 0 Å². The Bertz CT molecular complexity index is 1110. The molecule has 0 aromatic heterocycles. The van der Waals surface area contributed by atoms with Gasteiger partial charge in [-0.1, -0.05) is 6.58 Å². The first-order valence-electron chi connectivity index (χ1n) is 10.0. The molecule has 0 aliphatic heterocycles. The van der Waals surface area contributed by atoms with Gasteiger partial charge in [-0.3, -0.25) is 0 Å². The molecule has 2 rings (SSSR count). The molecule has 0 saturated carbocycles. The van der Waals surface area contributed by atoms with Crippen LogP contribution in [0, 0.1) is 11.3 Å². The molecule has 0 N–H and O–H groups in total. The first kappa shape index (κ1) is 25.7. The van der Waals surface area contributed by atoms with E-state index >= 15 is 0 Å². The van der Waals surface area contributed by atoms with E-state index < -0.39 is 17.9 Å². The SMILES string of the molecule is C=C(C)C(=O)OCOc1ccc(C(=O)Oc2ccc(/C=C/C(=O)OCCC#N)c(OC)c2)cc1. The van der Waals surface area contributed by atoms with Crippen LogP contribution in [0.3, 0.4) is 0 Å². The largest absolute Gasteiger partial charge is 0.496 e. The summed E-state index contributed by atoms with van der Waals surface area (Å²) in [4.78, 5) is 35.4. The van der Waals surface area contributed by atoms with Crippen LogP contribution in [0.5, 0.6) is 17.2 Å². The summed E-state index contributed by atoms with van der Waals surface area (Å²) in [5, 5.41) is 8.46. The van der Waals surface area contributed by atoms with Crippen LogP contribution in [-0.4, -0.2) is 38.4 Å². The maximum atomic E-state index is 12.4. The Balaban J connectivity index is 1.96. The molecular weight excluding hydrogens is 442 g/mol. The van der Waals surface area contributed by atoms with Gasteiger partial charge in [-0.15, -0.1) is 0 Å². The molecule has 0 aliphatic rings. The number of methoxy groups -OCH3 is 1. The number of hydrogen-bond donors (Lipinski definition) is 0. The van der Waals surface area contributed by atoms with Crippen LogP contribution in [0.2, 0.25) is 0 Å². The molecule has 0 aliphatic carbocycles. The van der Waals surface area contributed by atoms with Crippen LogP contribution in [0.1, 0.15) is 29.3 Å². The van der Waals surface area contributed by atoms with Crippen LogP contribution in [-0.2, 0) is 19.1 Å². The zero-order chi connectivity index (χ0) is 24.9. The minimum atomic E-state index is -0.605. The van der Waals surface area contributed by atoms with Gasteiger partial charge < -0.3 is 23.7 Å². The van der Waals surface area contributed by atoms with Crippen LogP contribution >= 0.6 is 0 Å². The summed E-state index contributed by atoms with van der Waals surface area (Å²) in [6.45, 7) is 4.73. The van der Waals surface area contributed by atoms with Crippen LogP contribution < -0.4 is 14.2 Å². The van der Waals surface area contributed by atoms with Gasteiger partial charge >= 0.3 is 17.9 Å². The molecule has 0 unspecified atom stereocenters. The molecular formula is C25H23NO8. The van der Waals surface area contributed by atoms with Gasteiger partial charge in [-0.2, -0.15) is 5.26 Å². The fraction of sp³-hybridized carbons (Fsp3) is 0.200. The molecule has 9 nitrogen and oxygen atoms in total. The second kappa shape index (κ2) is 13.1. The van der Waals surface area contributed by atoms with Gasteiger partial charge in [0.25, 0.3) is 0 Å². The fourth-order valence-corrected chi connectivity index (χ4v) is 2.42. The molecule has 34 heavy (non-hydrogen) atoms. The predicted octanol–water partition coefficient (Wildman–Crippen LogP) is 3.84. The minimum absolute atomic E-state index is 0.0151. The van der Waals surface area contributed by atoms with Crippen LogP contribution in [0.25, 0.3) is 6.08 Å². The Morgan fingerprint density at radius 2 is 1.76 bits per heavy atom. The van der Waals surface area contributed by atoms with Crippen molar-refractivity contribution in [3.05, 3.63) is 71.8 Å². The van der Waals surface area contributed by atoms with Gasteiger partial charge in [-0.05, 0) is 49.4 Å². The van der Waals surface area contributed by atoms with Crippen LogP contribution in [0.15, 0.2) is 60.7 Å². The summed E-state index contributed by atoms with van der Waals surface area (Å²) < 4.78 is 25.7. The summed E-state index contributed by atoms with van der Waals surface area (Å²) in [5.41, 5.74) is 1.10. The van der Waals surface area contributed by atoms with Crippen molar-refractivity contribution in [1.29, 1.82) is 5.26 Å². The Hall–Kier alpha value is -4.58. The molecule has 0 fully saturated rings. The average molecular weight is 465 g/mol. The molecule has 176 valence electrons. The number of ether oxygens (including phenoxy) is 5. The molecule has 0 saturated heterocycles. The number of esters is 3. The number of carbonyl (C=O) groups is 3. The highest BCUT2D eigenvalue weighted by Crippen LogP contribution is 2.26. The van der Waals surface area contributed by atoms with Crippen molar-refractivity contribution in [2.45, 2.75) is 13.3 Å². The van der Waals surface area contributed by atoms with Crippen molar-refractivity contribution in [3.8, 4) is 23.3 Å². The summed E-state index contributed by atoms with van der Waals surface area (Å²) in [7, 11) is 1.44. The van der Waals surface area contributed by atoms with E-state index in [0.29, 0.717) is 17.1 Å². The van der Waals surface area contributed by atoms with E-state index in [2.05, 4.69) is 6.58 Å². The number of hydrogen-bond acceptors (Lipinski definition) is 9. The van der Waals surface area contributed by atoms with Crippen molar-refractivity contribution in [2.24, 2.45) is 0 Å². The quantitative estimate of drug-likeness (QED) is 0.160. The van der Waals surface area contributed by atoms with Crippen molar-refractivity contribution in [2.75, 3.05) is 20.5 Å². The van der Waals surface area contributed by atoms with Gasteiger partial charge in [0, 0.05) is 23.3 Å². The van der Waals surface area contributed by atoms with Crippen molar-refractivity contribution in [3.63, 3.8) is 0 Å². The van der Waals surface area contributed by atoms with Gasteiger partial charge in [0.2, 0.25) is 6.79 Å². The first-order chi connectivity index (χ1) is 16.3. The lowest BCUT2D eigenvalue weighted by atomic mass is 10.1. The standard InChI is InChI=1S/C25H23NO8/c1-17(2)24(28)33-16-32-20-9-6-19(7-10-20)25(29)34-21-11-5-18(22(15-21)30-3)8-12-23(27)31-14-4-13-26/h5-12,15H,1,4,14,16H2,2-3H3/b12-8+. The third-order valence-electron chi connectivity index (χ3n) is 4.13. The second-order valence-electron chi connectivity index (χ2n) is 6.70. The smallest absolute Gasteiger partial charge is 0.343 e. The molecule has 0 amide bonds. The summed E-state index contributed by atoms with van der Waals surface area (Å²) >= 11 is 0. The van der Waals surface area contributed by atoms with E-state index in [1.54, 1.807) is 12.1 Å². The third kappa shape index (κ3) is 8.16. The summed E-state index contributed by atoms with van der Waals surface area (Å²) in [6.07, 6.45) is 2.82. The van der Waals surface area contributed by atoms with E-state index in [0.717, 1.165) is 0 Å². The number of nitriles is 1. The number of benzene rings is 2. The number of nitrogens with zero attached hydrogens (tertiary/aromatic N) is 1. The van der Waals surface area contributed by atoms with E-state index in [1.165, 1.54) is 56.5 Å². The minimum Gasteiger partial charge on any atom is -0.496 e. The lowest BCUT2D eigenvalue weighted by Gasteiger charge is -2.10. The molecule has 0 radical (unpaired) electrons. The molecule has 0 heterocycles.